The Morgan fingerprint density at radius 2 is 1.83 bits per heavy atom. The zero-order valence-electron chi connectivity index (χ0n) is 6.98. The van der Waals surface area contributed by atoms with Crippen molar-refractivity contribution in [3.8, 4) is 0 Å². The third-order valence-electron chi connectivity index (χ3n) is 2.48. The first-order valence-corrected chi connectivity index (χ1v) is 4.33. The third kappa shape index (κ3) is 1.48. The summed E-state index contributed by atoms with van der Waals surface area (Å²) >= 11 is 0. The second-order valence-corrected chi connectivity index (χ2v) is 3.57. The molecule has 0 atom stereocenters. The molecule has 1 aromatic heterocycles. The highest BCUT2D eigenvalue weighted by atomic mass is 16.3. The van der Waals surface area contributed by atoms with Crippen LogP contribution in [-0.4, -0.2) is 25.5 Å². The second kappa shape index (κ2) is 2.86. The number of rotatable bonds is 2. The van der Waals surface area contributed by atoms with E-state index in [2.05, 4.69) is 10.2 Å². The first-order valence-electron chi connectivity index (χ1n) is 4.33. The minimum absolute atomic E-state index is 0.498. The van der Waals surface area contributed by atoms with Gasteiger partial charge in [-0.3, -0.25) is 0 Å². The quantitative estimate of drug-likeness (QED) is 0.701. The minimum atomic E-state index is -0.498. The fourth-order valence-corrected chi connectivity index (χ4v) is 1.83. The van der Waals surface area contributed by atoms with Crippen LogP contribution in [0.1, 0.15) is 25.7 Å². The molecule has 66 valence electrons. The van der Waals surface area contributed by atoms with Gasteiger partial charge < -0.3 is 9.67 Å². The summed E-state index contributed by atoms with van der Waals surface area (Å²) in [6, 6.07) is 0. The van der Waals surface area contributed by atoms with Crippen molar-refractivity contribution in [2.75, 3.05) is 0 Å². The molecule has 0 saturated heterocycles. The van der Waals surface area contributed by atoms with Gasteiger partial charge in [-0.2, -0.15) is 0 Å². The molecule has 4 nitrogen and oxygen atoms in total. The van der Waals surface area contributed by atoms with Crippen LogP contribution in [0, 0.1) is 0 Å². The van der Waals surface area contributed by atoms with Gasteiger partial charge in [0.1, 0.15) is 12.7 Å². The molecule has 0 aromatic carbocycles. The number of aliphatic hydroxyl groups is 1. The maximum absolute atomic E-state index is 9.99. The van der Waals surface area contributed by atoms with Gasteiger partial charge in [0.15, 0.2) is 0 Å². The van der Waals surface area contributed by atoms with Crippen LogP contribution in [0.4, 0.5) is 0 Å². The van der Waals surface area contributed by atoms with Gasteiger partial charge >= 0.3 is 0 Å². The van der Waals surface area contributed by atoms with Crippen LogP contribution in [0.5, 0.6) is 0 Å². The van der Waals surface area contributed by atoms with Crippen molar-refractivity contribution >= 4 is 0 Å². The van der Waals surface area contributed by atoms with E-state index in [4.69, 9.17) is 0 Å². The van der Waals surface area contributed by atoms with Crippen LogP contribution < -0.4 is 0 Å². The molecular weight excluding hydrogens is 154 g/mol. The second-order valence-electron chi connectivity index (χ2n) is 3.57. The lowest BCUT2D eigenvalue weighted by molar-refractivity contribution is 0.0298. The van der Waals surface area contributed by atoms with E-state index in [-0.39, 0.29) is 0 Å². The van der Waals surface area contributed by atoms with Gasteiger partial charge in [0.2, 0.25) is 0 Å². The predicted octanol–water partition coefficient (Wildman–Crippen LogP) is 0.583. The van der Waals surface area contributed by atoms with E-state index in [0.717, 1.165) is 25.7 Å². The average Bonchev–Trinajstić information content (AvgIpc) is 2.62. The zero-order valence-corrected chi connectivity index (χ0v) is 6.98. The Bertz CT molecular complexity index is 239. The summed E-state index contributed by atoms with van der Waals surface area (Å²) in [7, 11) is 0. The first kappa shape index (κ1) is 7.73. The Morgan fingerprint density at radius 1 is 1.25 bits per heavy atom. The fraction of sp³-hybridized carbons (Fsp3) is 0.750. The lowest BCUT2D eigenvalue weighted by Crippen LogP contribution is -2.29. The largest absolute Gasteiger partial charge is 0.388 e. The number of nitrogens with zero attached hydrogens (tertiary/aromatic N) is 3. The maximum Gasteiger partial charge on any atom is 0.119 e. The highest BCUT2D eigenvalue weighted by Crippen LogP contribution is 2.30. The van der Waals surface area contributed by atoms with E-state index in [0.29, 0.717) is 6.54 Å². The van der Waals surface area contributed by atoms with Crippen molar-refractivity contribution in [2.45, 2.75) is 37.8 Å². The van der Waals surface area contributed by atoms with Crippen molar-refractivity contribution in [1.29, 1.82) is 0 Å². The topological polar surface area (TPSA) is 50.9 Å². The summed E-state index contributed by atoms with van der Waals surface area (Å²) in [5, 5.41) is 17.4. The predicted molar refractivity (Wildman–Crippen MR) is 43.4 cm³/mol. The molecule has 1 aliphatic carbocycles. The monoisotopic (exact) mass is 167 g/mol. The normalized spacial score (nSPS) is 21.4. The molecule has 12 heavy (non-hydrogen) atoms. The standard InChI is InChI=1S/C8H13N3O/c12-8(3-1-2-4-8)5-11-6-9-10-7-11/h6-7,12H,1-5H2. The Hall–Kier alpha value is -0.900. The van der Waals surface area contributed by atoms with Crippen LogP contribution in [0.3, 0.4) is 0 Å². The smallest absolute Gasteiger partial charge is 0.119 e. The van der Waals surface area contributed by atoms with Crippen molar-refractivity contribution in [3.05, 3.63) is 12.7 Å². The van der Waals surface area contributed by atoms with E-state index >= 15 is 0 Å². The number of aromatic nitrogens is 3. The molecule has 0 aliphatic heterocycles. The van der Waals surface area contributed by atoms with Gasteiger partial charge in [0.05, 0.1) is 12.1 Å². The van der Waals surface area contributed by atoms with E-state index in [1.165, 1.54) is 0 Å². The molecule has 0 bridgehead atoms. The lowest BCUT2D eigenvalue weighted by atomic mass is 10.0. The molecule has 1 aromatic rings. The first-order chi connectivity index (χ1) is 5.79. The summed E-state index contributed by atoms with van der Waals surface area (Å²) in [6.45, 7) is 0.639. The van der Waals surface area contributed by atoms with E-state index in [1.54, 1.807) is 12.7 Å². The van der Waals surface area contributed by atoms with Crippen LogP contribution in [-0.2, 0) is 6.54 Å². The Kier molecular flexibility index (Phi) is 1.84. The summed E-state index contributed by atoms with van der Waals surface area (Å²) in [5.41, 5.74) is -0.498. The molecule has 0 spiro atoms. The maximum atomic E-state index is 9.99. The van der Waals surface area contributed by atoms with E-state index in [1.807, 2.05) is 4.57 Å². The minimum Gasteiger partial charge on any atom is -0.388 e. The lowest BCUT2D eigenvalue weighted by Gasteiger charge is -2.21. The third-order valence-corrected chi connectivity index (χ3v) is 2.48. The van der Waals surface area contributed by atoms with Gasteiger partial charge in [-0.25, -0.2) is 0 Å². The van der Waals surface area contributed by atoms with Gasteiger partial charge in [0.25, 0.3) is 0 Å². The Labute approximate surface area is 71.2 Å². The molecule has 2 rings (SSSR count). The van der Waals surface area contributed by atoms with Crippen molar-refractivity contribution < 1.29 is 5.11 Å². The van der Waals surface area contributed by atoms with Gasteiger partial charge in [-0.05, 0) is 12.8 Å². The molecular formula is C8H13N3O. The Morgan fingerprint density at radius 3 is 2.42 bits per heavy atom. The molecule has 1 saturated carbocycles. The van der Waals surface area contributed by atoms with E-state index < -0.39 is 5.60 Å². The molecule has 1 fully saturated rings. The van der Waals surface area contributed by atoms with Crippen molar-refractivity contribution in [2.24, 2.45) is 0 Å². The summed E-state index contributed by atoms with van der Waals surface area (Å²) in [6.07, 6.45) is 7.39. The highest BCUT2D eigenvalue weighted by molar-refractivity contribution is 4.85. The molecule has 1 heterocycles. The van der Waals surface area contributed by atoms with Crippen LogP contribution in [0.15, 0.2) is 12.7 Å². The molecule has 0 amide bonds. The van der Waals surface area contributed by atoms with Gasteiger partial charge in [-0.1, -0.05) is 12.8 Å². The van der Waals surface area contributed by atoms with E-state index in [9.17, 15) is 5.11 Å². The molecule has 0 unspecified atom stereocenters. The molecule has 0 radical (unpaired) electrons. The fourth-order valence-electron chi connectivity index (χ4n) is 1.83. The van der Waals surface area contributed by atoms with Gasteiger partial charge in [-0.15, -0.1) is 10.2 Å². The molecule has 4 heteroatoms. The van der Waals surface area contributed by atoms with Gasteiger partial charge in [0, 0.05) is 0 Å². The number of hydrogen-bond acceptors (Lipinski definition) is 3. The average molecular weight is 167 g/mol. The summed E-state index contributed by atoms with van der Waals surface area (Å²) in [4.78, 5) is 0. The number of hydrogen-bond donors (Lipinski definition) is 1. The molecule has 1 aliphatic rings. The summed E-state index contributed by atoms with van der Waals surface area (Å²) < 4.78 is 1.84. The molecule has 1 N–H and O–H groups in total. The zero-order chi connectivity index (χ0) is 8.44. The highest BCUT2D eigenvalue weighted by Gasteiger charge is 2.31. The summed E-state index contributed by atoms with van der Waals surface area (Å²) in [5.74, 6) is 0. The van der Waals surface area contributed by atoms with Crippen molar-refractivity contribution in [1.82, 2.24) is 14.8 Å². The Balaban J connectivity index is 2.02. The van der Waals surface area contributed by atoms with Crippen LogP contribution >= 0.6 is 0 Å². The van der Waals surface area contributed by atoms with Crippen LogP contribution in [0.2, 0.25) is 0 Å². The van der Waals surface area contributed by atoms with Crippen LogP contribution in [0.25, 0.3) is 0 Å². The van der Waals surface area contributed by atoms with Crippen molar-refractivity contribution in [3.63, 3.8) is 0 Å². The SMILES string of the molecule is OC1(Cn2cnnc2)CCCC1.